The standard InChI is InChI=1S/C25H31N5O2.CH4/c1-30(2)24-20-5-3-4-6-21(20)28-25(29-24)27-19-10-7-17(8-11-19)14-26-15-18-9-12-22-23(13-18)32-16-31-22;/h3-6,9,12-13,17,19,26H,7-8,10-11,14-16H2,1-2H3,(H,27,28,29);1H4. The second-order valence-electron chi connectivity index (χ2n) is 8.96. The molecule has 2 aromatic carbocycles. The van der Waals surface area contributed by atoms with Crippen LogP contribution in [-0.2, 0) is 6.54 Å². The normalized spacial score (nSPS) is 19.2. The molecule has 33 heavy (non-hydrogen) atoms. The first-order chi connectivity index (χ1) is 15.7. The van der Waals surface area contributed by atoms with Crippen LogP contribution in [0.3, 0.4) is 0 Å². The van der Waals surface area contributed by atoms with Gasteiger partial charge in [-0.15, -0.1) is 0 Å². The summed E-state index contributed by atoms with van der Waals surface area (Å²) < 4.78 is 10.9. The van der Waals surface area contributed by atoms with Crippen LogP contribution in [0, 0.1) is 5.92 Å². The fourth-order valence-electron chi connectivity index (χ4n) is 4.63. The van der Waals surface area contributed by atoms with Gasteiger partial charge in [0.25, 0.3) is 0 Å². The van der Waals surface area contributed by atoms with Crippen LogP contribution in [0.1, 0.15) is 38.7 Å². The number of nitrogens with one attached hydrogen (secondary N) is 2. The summed E-state index contributed by atoms with van der Waals surface area (Å²) in [5.74, 6) is 4.09. The highest BCUT2D eigenvalue weighted by Crippen LogP contribution is 2.32. The molecule has 1 saturated carbocycles. The van der Waals surface area contributed by atoms with E-state index >= 15 is 0 Å². The van der Waals surface area contributed by atoms with E-state index in [1.165, 1.54) is 18.4 Å². The summed E-state index contributed by atoms with van der Waals surface area (Å²) in [6.07, 6.45) is 4.70. The van der Waals surface area contributed by atoms with Crippen LogP contribution >= 0.6 is 0 Å². The summed E-state index contributed by atoms with van der Waals surface area (Å²) >= 11 is 0. The second-order valence-corrected chi connectivity index (χ2v) is 8.96. The van der Waals surface area contributed by atoms with Crippen LogP contribution in [0.25, 0.3) is 10.9 Å². The number of nitrogens with zero attached hydrogens (tertiary/aromatic N) is 3. The Hall–Kier alpha value is -3.06. The molecule has 7 nitrogen and oxygen atoms in total. The maximum atomic E-state index is 5.47. The summed E-state index contributed by atoms with van der Waals surface area (Å²) in [4.78, 5) is 11.6. The number of ether oxygens (including phenoxy) is 2. The van der Waals surface area contributed by atoms with Gasteiger partial charge in [0.1, 0.15) is 5.82 Å². The first-order valence-electron chi connectivity index (χ1n) is 11.5. The summed E-state index contributed by atoms with van der Waals surface area (Å²) in [6, 6.07) is 14.8. The van der Waals surface area contributed by atoms with E-state index in [1.807, 2.05) is 32.3 Å². The van der Waals surface area contributed by atoms with Gasteiger partial charge in [-0.05, 0) is 68.0 Å². The topological polar surface area (TPSA) is 71.5 Å². The Morgan fingerprint density at radius 1 is 0.970 bits per heavy atom. The molecule has 0 bridgehead atoms. The lowest BCUT2D eigenvalue weighted by Crippen LogP contribution is -2.31. The van der Waals surface area contributed by atoms with Gasteiger partial charge in [0.05, 0.1) is 5.52 Å². The van der Waals surface area contributed by atoms with E-state index in [2.05, 4.69) is 39.8 Å². The third-order valence-corrected chi connectivity index (χ3v) is 6.39. The van der Waals surface area contributed by atoms with Crippen molar-refractivity contribution in [3.63, 3.8) is 0 Å². The maximum absolute atomic E-state index is 5.47. The van der Waals surface area contributed by atoms with Gasteiger partial charge in [0.15, 0.2) is 11.5 Å². The number of aromatic nitrogens is 2. The van der Waals surface area contributed by atoms with E-state index in [4.69, 9.17) is 19.4 Å². The van der Waals surface area contributed by atoms with Crippen LogP contribution < -0.4 is 25.0 Å². The quantitative estimate of drug-likeness (QED) is 0.536. The van der Waals surface area contributed by atoms with E-state index < -0.39 is 0 Å². The van der Waals surface area contributed by atoms with Crippen molar-refractivity contribution in [3.8, 4) is 11.5 Å². The second kappa shape index (κ2) is 10.3. The molecule has 1 fully saturated rings. The van der Waals surface area contributed by atoms with Crippen LogP contribution in [0.2, 0.25) is 0 Å². The predicted octanol–water partition coefficient (Wildman–Crippen LogP) is 4.82. The fourth-order valence-corrected chi connectivity index (χ4v) is 4.63. The van der Waals surface area contributed by atoms with Gasteiger partial charge in [-0.2, -0.15) is 4.98 Å². The summed E-state index contributed by atoms with van der Waals surface area (Å²) in [5.41, 5.74) is 2.21. The predicted molar refractivity (Wildman–Crippen MR) is 134 cm³/mol. The molecular formula is C26H35N5O2. The Bertz CT molecular complexity index is 1080. The zero-order chi connectivity index (χ0) is 21.9. The molecule has 0 atom stereocenters. The molecule has 1 aliphatic carbocycles. The summed E-state index contributed by atoms with van der Waals surface area (Å²) in [5, 5.41) is 8.30. The van der Waals surface area contributed by atoms with Crippen molar-refractivity contribution in [2.75, 3.05) is 37.6 Å². The molecule has 7 heteroatoms. The van der Waals surface area contributed by atoms with Crippen LogP contribution in [0.15, 0.2) is 42.5 Å². The first kappa shape index (κ1) is 23.1. The number of fused-ring (bicyclic) bond motifs is 2. The van der Waals surface area contributed by atoms with Crippen molar-refractivity contribution in [3.05, 3.63) is 48.0 Å². The highest BCUT2D eigenvalue weighted by molar-refractivity contribution is 5.90. The molecule has 1 aromatic heterocycles. The van der Waals surface area contributed by atoms with E-state index in [0.717, 1.165) is 60.1 Å². The van der Waals surface area contributed by atoms with Crippen molar-refractivity contribution in [2.24, 2.45) is 5.92 Å². The van der Waals surface area contributed by atoms with Gasteiger partial charge < -0.3 is 25.0 Å². The van der Waals surface area contributed by atoms with Crippen molar-refractivity contribution in [1.29, 1.82) is 0 Å². The Balaban J connectivity index is 0.00000259. The number of anilines is 2. The third-order valence-electron chi connectivity index (χ3n) is 6.39. The molecule has 2 heterocycles. The van der Waals surface area contributed by atoms with Crippen molar-refractivity contribution >= 4 is 22.7 Å². The highest BCUT2D eigenvalue weighted by atomic mass is 16.7. The average molecular weight is 450 g/mol. The van der Waals surface area contributed by atoms with Gasteiger partial charge >= 0.3 is 0 Å². The smallest absolute Gasteiger partial charge is 0.231 e. The van der Waals surface area contributed by atoms with Crippen molar-refractivity contribution < 1.29 is 9.47 Å². The summed E-state index contributed by atoms with van der Waals surface area (Å²) in [6.45, 7) is 2.22. The van der Waals surface area contributed by atoms with Crippen molar-refractivity contribution in [1.82, 2.24) is 15.3 Å². The molecule has 0 radical (unpaired) electrons. The van der Waals surface area contributed by atoms with Crippen LogP contribution in [-0.4, -0.2) is 43.4 Å². The Morgan fingerprint density at radius 3 is 2.58 bits per heavy atom. The molecule has 0 saturated heterocycles. The zero-order valence-electron chi connectivity index (χ0n) is 18.8. The lowest BCUT2D eigenvalue weighted by atomic mass is 9.86. The van der Waals surface area contributed by atoms with E-state index in [0.29, 0.717) is 18.8 Å². The minimum Gasteiger partial charge on any atom is -0.454 e. The highest BCUT2D eigenvalue weighted by Gasteiger charge is 2.22. The maximum Gasteiger partial charge on any atom is 0.231 e. The van der Waals surface area contributed by atoms with Crippen molar-refractivity contribution in [2.45, 2.75) is 45.7 Å². The molecule has 0 spiro atoms. The molecule has 2 aliphatic rings. The molecule has 176 valence electrons. The van der Waals surface area contributed by atoms with E-state index in [-0.39, 0.29) is 7.43 Å². The monoisotopic (exact) mass is 449 g/mol. The van der Waals surface area contributed by atoms with Gasteiger partial charge in [-0.1, -0.05) is 25.6 Å². The molecular weight excluding hydrogens is 414 g/mol. The Labute approximate surface area is 196 Å². The number of rotatable bonds is 7. The first-order valence-corrected chi connectivity index (χ1v) is 11.5. The molecule has 5 rings (SSSR count). The molecule has 0 unspecified atom stereocenters. The third kappa shape index (κ3) is 5.30. The lowest BCUT2D eigenvalue weighted by molar-refractivity contribution is 0.174. The molecule has 3 aromatic rings. The molecule has 2 N–H and O–H groups in total. The minimum absolute atomic E-state index is 0. The number of hydrogen-bond donors (Lipinski definition) is 2. The minimum atomic E-state index is 0. The SMILES string of the molecule is C.CN(C)c1nc(NC2CCC(CNCc3ccc4c(c3)OCO4)CC2)nc2ccccc12. The Morgan fingerprint density at radius 2 is 1.76 bits per heavy atom. The number of hydrogen-bond acceptors (Lipinski definition) is 7. The lowest BCUT2D eigenvalue weighted by Gasteiger charge is -2.29. The zero-order valence-corrected chi connectivity index (χ0v) is 18.8. The van der Waals surface area contributed by atoms with Gasteiger partial charge in [0, 0.05) is 32.1 Å². The molecule has 0 amide bonds. The Kier molecular flexibility index (Phi) is 7.18. The average Bonchev–Trinajstić information content (AvgIpc) is 3.27. The van der Waals surface area contributed by atoms with Crippen LogP contribution in [0.4, 0.5) is 11.8 Å². The van der Waals surface area contributed by atoms with Gasteiger partial charge in [0.2, 0.25) is 12.7 Å². The van der Waals surface area contributed by atoms with Gasteiger partial charge in [-0.3, -0.25) is 0 Å². The van der Waals surface area contributed by atoms with Gasteiger partial charge in [-0.25, -0.2) is 4.98 Å². The largest absolute Gasteiger partial charge is 0.454 e. The number of para-hydroxylation sites is 1. The number of benzene rings is 2. The van der Waals surface area contributed by atoms with E-state index in [9.17, 15) is 0 Å². The molecule has 1 aliphatic heterocycles. The van der Waals surface area contributed by atoms with Crippen LogP contribution in [0.5, 0.6) is 11.5 Å². The fraction of sp³-hybridized carbons (Fsp3) is 0.462. The summed E-state index contributed by atoms with van der Waals surface area (Å²) in [7, 11) is 4.06. The van der Waals surface area contributed by atoms with E-state index in [1.54, 1.807) is 0 Å².